The lowest BCUT2D eigenvalue weighted by molar-refractivity contribution is 0.145. The normalized spacial score (nSPS) is 10.8. The van der Waals surface area contributed by atoms with E-state index in [4.69, 9.17) is 5.73 Å². The van der Waals surface area contributed by atoms with E-state index in [1.807, 2.05) is 0 Å². The molecule has 1 heterocycles. The molecule has 0 fully saturated rings. The van der Waals surface area contributed by atoms with E-state index >= 15 is 0 Å². The van der Waals surface area contributed by atoms with Crippen LogP contribution in [0.2, 0.25) is 0 Å². The number of hydrogen-bond acceptors (Lipinski definition) is 2. The van der Waals surface area contributed by atoms with Gasteiger partial charge >= 0.3 is 0 Å². The molecule has 0 saturated heterocycles. The van der Waals surface area contributed by atoms with Crippen molar-refractivity contribution in [3.05, 3.63) is 28.0 Å². The number of nitrogens with zero attached hydrogens (tertiary/aromatic N) is 1. The predicted molar refractivity (Wildman–Crippen MR) is 44.8 cm³/mol. The third-order valence-electron chi connectivity index (χ3n) is 1.42. The van der Waals surface area contributed by atoms with Crippen molar-refractivity contribution >= 4 is 15.9 Å². The summed E-state index contributed by atoms with van der Waals surface area (Å²) in [6.45, 7) is 0.225. The molecule has 0 radical (unpaired) electrons. The molecule has 0 aliphatic heterocycles. The van der Waals surface area contributed by atoms with Crippen LogP contribution < -0.4 is 5.73 Å². The van der Waals surface area contributed by atoms with Crippen LogP contribution in [0, 0.1) is 0 Å². The van der Waals surface area contributed by atoms with Crippen LogP contribution in [0.5, 0.6) is 0 Å². The molecule has 2 nitrogen and oxygen atoms in total. The second kappa shape index (κ2) is 3.91. The van der Waals surface area contributed by atoms with Gasteiger partial charge in [-0.1, -0.05) is 0 Å². The summed E-state index contributed by atoms with van der Waals surface area (Å²) in [6, 6.07) is 1.61. The number of hydrogen-bond donors (Lipinski definition) is 1. The van der Waals surface area contributed by atoms with Crippen molar-refractivity contribution < 1.29 is 8.78 Å². The minimum atomic E-state index is -2.56. The van der Waals surface area contributed by atoms with Gasteiger partial charge in [-0.05, 0) is 27.6 Å². The Morgan fingerprint density at radius 3 is 2.75 bits per heavy atom. The Hall–Kier alpha value is -0.550. The molecule has 0 aliphatic rings. The summed E-state index contributed by atoms with van der Waals surface area (Å²) >= 11 is 3.02. The molecule has 0 unspecified atom stereocenters. The molecule has 0 atom stereocenters. The summed E-state index contributed by atoms with van der Waals surface area (Å²) in [5.41, 5.74) is 5.70. The van der Waals surface area contributed by atoms with E-state index in [1.165, 1.54) is 6.20 Å². The Kier molecular flexibility index (Phi) is 3.11. The molecular weight excluding hydrogens is 230 g/mol. The molecule has 5 heteroatoms. The van der Waals surface area contributed by atoms with E-state index in [-0.39, 0.29) is 12.2 Å². The van der Waals surface area contributed by atoms with Crippen molar-refractivity contribution in [3.8, 4) is 0 Å². The second-order valence-corrected chi connectivity index (χ2v) is 2.97. The second-order valence-electron chi connectivity index (χ2n) is 2.17. The fourth-order valence-electron chi connectivity index (χ4n) is 0.812. The average Bonchev–Trinajstić information content (AvgIpc) is 2.04. The first-order valence-corrected chi connectivity index (χ1v) is 4.07. The van der Waals surface area contributed by atoms with Crippen molar-refractivity contribution in [2.75, 3.05) is 0 Å². The van der Waals surface area contributed by atoms with Crippen molar-refractivity contribution in [2.24, 2.45) is 5.73 Å². The SMILES string of the molecule is NCc1ccnc(C(F)F)c1Br. The highest BCUT2D eigenvalue weighted by Gasteiger charge is 2.14. The molecule has 12 heavy (non-hydrogen) atoms. The van der Waals surface area contributed by atoms with Gasteiger partial charge < -0.3 is 5.73 Å². The summed E-state index contributed by atoms with van der Waals surface area (Å²) < 4.78 is 24.7. The van der Waals surface area contributed by atoms with Crippen LogP contribution in [0.4, 0.5) is 8.78 Å². The zero-order valence-electron chi connectivity index (χ0n) is 6.10. The smallest absolute Gasteiger partial charge is 0.281 e. The number of alkyl halides is 2. The van der Waals surface area contributed by atoms with Gasteiger partial charge in [-0.15, -0.1) is 0 Å². The Morgan fingerprint density at radius 1 is 1.58 bits per heavy atom. The van der Waals surface area contributed by atoms with Crippen LogP contribution in [0.1, 0.15) is 17.7 Å². The fraction of sp³-hybridized carbons (Fsp3) is 0.286. The minimum Gasteiger partial charge on any atom is -0.326 e. The average molecular weight is 237 g/mol. The first-order chi connectivity index (χ1) is 5.66. The Labute approximate surface area is 76.9 Å². The van der Waals surface area contributed by atoms with Gasteiger partial charge in [0.15, 0.2) is 0 Å². The lowest BCUT2D eigenvalue weighted by Gasteiger charge is -2.05. The van der Waals surface area contributed by atoms with Gasteiger partial charge in [0.25, 0.3) is 6.43 Å². The highest BCUT2D eigenvalue weighted by molar-refractivity contribution is 9.10. The summed E-state index contributed by atoms with van der Waals surface area (Å²) in [7, 11) is 0. The molecule has 0 aromatic carbocycles. The molecule has 1 rings (SSSR count). The van der Waals surface area contributed by atoms with E-state index in [0.717, 1.165) is 0 Å². The molecule has 1 aromatic rings. The van der Waals surface area contributed by atoms with Crippen molar-refractivity contribution in [1.82, 2.24) is 4.98 Å². The van der Waals surface area contributed by atoms with Gasteiger partial charge in [-0.2, -0.15) is 0 Å². The van der Waals surface area contributed by atoms with Gasteiger partial charge in [-0.25, -0.2) is 8.78 Å². The maximum absolute atomic E-state index is 12.2. The lowest BCUT2D eigenvalue weighted by atomic mass is 10.2. The maximum atomic E-state index is 12.2. The monoisotopic (exact) mass is 236 g/mol. The molecule has 0 spiro atoms. The van der Waals surface area contributed by atoms with Crippen molar-refractivity contribution in [2.45, 2.75) is 13.0 Å². The number of rotatable bonds is 2. The van der Waals surface area contributed by atoms with Gasteiger partial charge in [0.1, 0.15) is 5.69 Å². The Morgan fingerprint density at radius 2 is 2.25 bits per heavy atom. The topological polar surface area (TPSA) is 38.9 Å². The van der Waals surface area contributed by atoms with E-state index in [1.54, 1.807) is 6.07 Å². The molecule has 0 aliphatic carbocycles. The van der Waals surface area contributed by atoms with Gasteiger partial charge in [-0.3, -0.25) is 4.98 Å². The van der Waals surface area contributed by atoms with E-state index < -0.39 is 6.43 Å². The Bertz CT molecular complexity index is 278. The van der Waals surface area contributed by atoms with Crippen LogP contribution in [-0.2, 0) is 6.54 Å². The molecular formula is C7H7BrF2N2. The zero-order valence-corrected chi connectivity index (χ0v) is 7.68. The fourth-order valence-corrected chi connectivity index (χ4v) is 1.38. The molecule has 0 saturated carbocycles. The maximum Gasteiger partial charge on any atom is 0.281 e. The van der Waals surface area contributed by atoms with Crippen LogP contribution >= 0.6 is 15.9 Å². The third-order valence-corrected chi connectivity index (χ3v) is 2.34. The predicted octanol–water partition coefficient (Wildman–Crippen LogP) is 2.24. The quantitative estimate of drug-likeness (QED) is 0.856. The van der Waals surface area contributed by atoms with E-state index in [2.05, 4.69) is 20.9 Å². The van der Waals surface area contributed by atoms with Gasteiger partial charge in [0.05, 0.1) is 0 Å². The summed E-state index contributed by atoms with van der Waals surface area (Å²) in [6.07, 6.45) is -1.24. The van der Waals surface area contributed by atoms with Crippen LogP contribution in [-0.4, -0.2) is 4.98 Å². The highest BCUT2D eigenvalue weighted by Crippen LogP contribution is 2.27. The minimum absolute atomic E-state index is 0.225. The first kappa shape index (κ1) is 9.54. The molecule has 0 bridgehead atoms. The molecule has 0 amide bonds. The van der Waals surface area contributed by atoms with Gasteiger partial charge in [0, 0.05) is 17.2 Å². The zero-order chi connectivity index (χ0) is 9.14. The summed E-state index contributed by atoms with van der Waals surface area (Å²) in [5, 5.41) is 0. The molecule has 2 N–H and O–H groups in total. The molecule has 66 valence electrons. The number of pyridine rings is 1. The number of aromatic nitrogens is 1. The van der Waals surface area contributed by atoms with E-state index in [9.17, 15) is 8.78 Å². The Balaban J connectivity index is 3.14. The van der Waals surface area contributed by atoms with Crippen molar-refractivity contribution in [3.63, 3.8) is 0 Å². The number of nitrogens with two attached hydrogens (primary N) is 1. The van der Waals surface area contributed by atoms with Crippen LogP contribution in [0.3, 0.4) is 0 Å². The lowest BCUT2D eigenvalue weighted by Crippen LogP contribution is -2.01. The first-order valence-electron chi connectivity index (χ1n) is 3.28. The van der Waals surface area contributed by atoms with Crippen LogP contribution in [0.25, 0.3) is 0 Å². The van der Waals surface area contributed by atoms with Crippen molar-refractivity contribution in [1.29, 1.82) is 0 Å². The van der Waals surface area contributed by atoms with Crippen LogP contribution in [0.15, 0.2) is 16.7 Å². The number of halogens is 3. The van der Waals surface area contributed by atoms with Gasteiger partial charge in [0.2, 0.25) is 0 Å². The summed E-state index contributed by atoms with van der Waals surface area (Å²) in [5.74, 6) is 0. The highest BCUT2D eigenvalue weighted by atomic mass is 79.9. The largest absolute Gasteiger partial charge is 0.326 e. The van der Waals surface area contributed by atoms with E-state index in [0.29, 0.717) is 10.0 Å². The third kappa shape index (κ3) is 1.78. The standard InChI is InChI=1S/C7H7BrF2N2/c8-5-4(3-11)1-2-12-6(5)7(9)10/h1-2,7H,3,11H2. The molecule has 1 aromatic heterocycles. The summed E-state index contributed by atoms with van der Waals surface area (Å²) in [4.78, 5) is 3.53.